The van der Waals surface area contributed by atoms with Crippen molar-refractivity contribution in [2.75, 3.05) is 5.32 Å². The number of fused-ring (bicyclic) bond motifs is 1. The second-order valence-electron chi connectivity index (χ2n) is 5.77. The molecule has 3 rings (SSSR count). The van der Waals surface area contributed by atoms with Gasteiger partial charge < -0.3 is 5.32 Å². The number of rotatable bonds is 3. The molecule has 0 atom stereocenters. The SMILES string of the molecule is CCC1CCC(Nc2ncnc3c2CCC3)CC1. The van der Waals surface area contributed by atoms with Crippen molar-refractivity contribution in [3.8, 4) is 0 Å². The van der Waals surface area contributed by atoms with Crippen LogP contribution in [0.4, 0.5) is 5.82 Å². The molecule has 0 unspecified atom stereocenters. The van der Waals surface area contributed by atoms with Crippen molar-refractivity contribution in [2.24, 2.45) is 5.92 Å². The fourth-order valence-electron chi connectivity index (χ4n) is 3.39. The summed E-state index contributed by atoms with van der Waals surface area (Å²) in [6.07, 6.45) is 12.0. The van der Waals surface area contributed by atoms with Crippen LogP contribution in [0.5, 0.6) is 0 Å². The van der Waals surface area contributed by atoms with Crippen LogP contribution in [0.3, 0.4) is 0 Å². The molecule has 3 nitrogen and oxygen atoms in total. The second kappa shape index (κ2) is 5.25. The third kappa shape index (κ3) is 2.36. The quantitative estimate of drug-likeness (QED) is 0.887. The van der Waals surface area contributed by atoms with Crippen molar-refractivity contribution in [1.29, 1.82) is 0 Å². The molecule has 1 saturated carbocycles. The largest absolute Gasteiger partial charge is 0.367 e. The molecule has 2 aliphatic carbocycles. The number of nitrogens with zero attached hydrogens (tertiary/aromatic N) is 2. The molecule has 1 fully saturated rings. The van der Waals surface area contributed by atoms with E-state index in [1.165, 1.54) is 49.8 Å². The Labute approximate surface area is 109 Å². The first kappa shape index (κ1) is 11.9. The molecule has 1 aromatic rings. The van der Waals surface area contributed by atoms with Gasteiger partial charge in [0.05, 0.1) is 0 Å². The van der Waals surface area contributed by atoms with Gasteiger partial charge in [-0.15, -0.1) is 0 Å². The predicted octanol–water partition coefficient (Wildman–Crippen LogP) is 3.35. The Kier molecular flexibility index (Phi) is 3.48. The molecule has 0 saturated heterocycles. The average Bonchev–Trinajstić information content (AvgIpc) is 2.89. The fraction of sp³-hybridized carbons (Fsp3) is 0.733. The van der Waals surface area contributed by atoms with Crippen LogP contribution in [0.25, 0.3) is 0 Å². The van der Waals surface area contributed by atoms with Crippen LogP contribution >= 0.6 is 0 Å². The van der Waals surface area contributed by atoms with Gasteiger partial charge in [0.25, 0.3) is 0 Å². The van der Waals surface area contributed by atoms with Gasteiger partial charge in [-0.3, -0.25) is 0 Å². The summed E-state index contributed by atoms with van der Waals surface area (Å²) in [5, 5.41) is 3.67. The first-order valence-electron chi connectivity index (χ1n) is 7.46. The lowest BCUT2D eigenvalue weighted by molar-refractivity contribution is 0.329. The summed E-state index contributed by atoms with van der Waals surface area (Å²) in [6.45, 7) is 2.32. The Morgan fingerprint density at radius 3 is 2.78 bits per heavy atom. The molecule has 3 heteroatoms. The van der Waals surface area contributed by atoms with Crippen molar-refractivity contribution in [3.05, 3.63) is 17.6 Å². The van der Waals surface area contributed by atoms with Gasteiger partial charge >= 0.3 is 0 Å². The van der Waals surface area contributed by atoms with Crippen LogP contribution in [-0.4, -0.2) is 16.0 Å². The monoisotopic (exact) mass is 245 g/mol. The zero-order valence-electron chi connectivity index (χ0n) is 11.3. The molecule has 98 valence electrons. The van der Waals surface area contributed by atoms with Gasteiger partial charge in [0.2, 0.25) is 0 Å². The van der Waals surface area contributed by atoms with Crippen molar-refractivity contribution in [1.82, 2.24) is 9.97 Å². The molecule has 2 aliphatic rings. The Balaban J connectivity index is 1.65. The first-order valence-corrected chi connectivity index (χ1v) is 7.46. The van der Waals surface area contributed by atoms with Crippen molar-refractivity contribution in [3.63, 3.8) is 0 Å². The number of aromatic nitrogens is 2. The first-order chi connectivity index (χ1) is 8.86. The molecule has 1 heterocycles. The predicted molar refractivity (Wildman–Crippen MR) is 73.7 cm³/mol. The molecule has 0 amide bonds. The van der Waals surface area contributed by atoms with E-state index in [0.717, 1.165) is 24.6 Å². The van der Waals surface area contributed by atoms with E-state index in [9.17, 15) is 0 Å². The lowest BCUT2D eigenvalue weighted by Crippen LogP contribution is -2.27. The van der Waals surface area contributed by atoms with Gasteiger partial charge in [0.15, 0.2) is 0 Å². The summed E-state index contributed by atoms with van der Waals surface area (Å²) >= 11 is 0. The minimum absolute atomic E-state index is 0.632. The zero-order chi connectivity index (χ0) is 12.4. The van der Waals surface area contributed by atoms with Crippen molar-refractivity contribution >= 4 is 5.82 Å². The van der Waals surface area contributed by atoms with Gasteiger partial charge in [-0.05, 0) is 50.9 Å². The van der Waals surface area contributed by atoms with E-state index in [1.54, 1.807) is 6.33 Å². The van der Waals surface area contributed by atoms with E-state index in [4.69, 9.17) is 0 Å². The summed E-state index contributed by atoms with van der Waals surface area (Å²) in [5.74, 6) is 2.08. The van der Waals surface area contributed by atoms with Crippen LogP contribution in [0.1, 0.15) is 56.7 Å². The molecule has 0 radical (unpaired) electrons. The average molecular weight is 245 g/mol. The minimum atomic E-state index is 0.632. The maximum atomic E-state index is 4.46. The number of hydrogen-bond donors (Lipinski definition) is 1. The molecule has 1 N–H and O–H groups in total. The Morgan fingerprint density at radius 2 is 2.00 bits per heavy atom. The molecule has 0 bridgehead atoms. The molecule has 0 aromatic carbocycles. The van der Waals surface area contributed by atoms with Crippen LogP contribution in [0.2, 0.25) is 0 Å². The van der Waals surface area contributed by atoms with Crippen LogP contribution in [0.15, 0.2) is 6.33 Å². The van der Waals surface area contributed by atoms with E-state index in [-0.39, 0.29) is 0 Å². The van der Waals surface area contributed by atoms with Gasteiger partial charge in [-0.1, -0.05) is 13.3 Å². The van der Waals surface area contributed by atoms with E-state index >= 15 is 0 Å². The number of hydrogen-bond acceptors (Lipinski definition) is 3. The lowest BCUT2D eigenvalue weighted by Gasteiger charge is -2.29. The van der Waals surface area contributed by atoms with Gasteiger partial charge in [0, 0.05) is 17.3 Å². The highest BCUT2D eigenvalue weighted by molar-refractivity contribution is 5.48. The van der Waals surface area contributed by atoms with Crippen LogP contribution < -0.4 is 5.32 Å². The van der Waals surface area contributed by atoms with Crippen molar-refractivity contribution in [2.45, 2.75) is 64.3 Å². The highest BCUT2D eigenvalue weighted by Gasteiger charge is 2.23. The summed E-state index contributed by atoms with van der Waals surface area (Å²) in [6, 6.07) is 0.632. The second-order valence-corrected chi connectivity index (χ2v) is 5.77. The summed E-state index contributed by atoms with van der Waals surface area (Å²) in [4.78, 5) is 8.85. The molecule has 0 aliphatic heterocycles. The standard InChI is InChI=1S/C15H23N3/c1-2-11-6-8-12(9-7-11)18-15-13-4-3-5-14(13)16-10-17-15/h10-12H,2-9H2,1H3,(H,16,17,18). The third-order valence-corrected chi connectivity index (χ3v) is 4.64. The fourth-order valence-corrected chi connectivity index (χ4v) is 3.39. The maximum absolute atomic E-state index is 4.46. The molecule has 1 aromatic heterocycles. The maximum Gasteiger partial charge on any atom is 0.133 e. The van der Waals surface area contributed by atoms with Gasteiger partial charge in [-0.25, -0.2) is 9.97 Å². The van der Waals surface area contributed by atoms with E-state index in [1.807, 2.05) is 0 Å². The van der Waals surface area contributed by atoms with Crippen molar-refractivity contribution < 1.29 is 0 Å². The zero-order valence-corrected chi connectivity index (χ0v) is 11.3. The topological polar surface area (TPSA) is 37.8 Å². The van der Waals surface area contributed by atoms with Gasteiger partial charge in [-0.2, -0.15) is 0 Å². The van der Waals surface area contributed by atoms with Crippen LogP contribution in [0, 0.1) is 5.92 Å². The highest BCUT2D eigenvalue weighted by Crippen LogP contribution is 2.30. The Hall–Kier alpha value is -1.12. The van der Waals surface area contributed by atoms with E-state index < -0.39 is 0 Å². The number of aryl methyl sites for hydroxylation is 1. The number of anilines is 1. The summed E-state index contributed by atoms with van der Waals surface area (Å²) in [5.41, 5.74) is 2.66. The highest BCUT2D eigenvalue weighted by atomic mass is 15.0. The van der Waals surface area contributed by atoms with E-state index in [2.05, 4.69) is 22.2 Å². The smallest absolute Gasteiger partial charge is 0.133 e. The Morgan fingerprint density at radius 1 is 1.17 bits per heavy atom. The molecular weight excluding hydrogens is 222 g/mol. The lowest BCUT2D eigenvalue weighted by atomic mass is 9.84. The van der Waals surface area contributed by atoms with Crippen LogP contribution in [-0.2, 0) is 12.8 Å². The Bertz CT molecular complexity index is 408. The molecule has 0 spiro atoms. The molecule has 18 heavy (non-hydrogen) atoms. The van der Waals surface area contributed by atoms with Gasteiger partial charge in [0.1, 0.15) is 12.1 Å². The number of nitrogens with one attached hydrogen (secondary N) is 1. The third-order valence-electron chi connectivity index (χ3n) is 4.64. The normalized spacial score (nSPS) is 26.9. The van der Waals surface area contributed by atoms with E-state index in [0.29, 0.717) is 6.04 Å². The summed E-state index contributed by atoms with van der Waals surface area (Å²) in [7, 11) is 0. The minimum Gasteiger partial charge on any atom is -0.367 e. The molecular formula is C15H23N3. The summed E-state index contributed by atoms with van der Waals surface area (Å²) < 4.78 is 0.